The molecule has 154 valence electrons. The number of aromatic amines is 1. The van der Waals surface area contributed by atoms with Gasteiger partial charge in [0, 0.05) is 10.1 Å². The summed E-state index contributed by atoms with van der Waals surface area (Å²) < 4.78 is 12.6. The quantitative estimate of drug-likeness (QED) is 0.457. The number of benzene rings is 2. The lowest BCUT2D eigenvalue weighted by atomic mass is 10.0. The van der Waals surface area contributed by atoms with E-state index < -0.39 is 0 Å². The van der Waals surface area contributed by atoms with Crippen molar-refractivity contribution in [3.8, 4) is 17.2 Å². The van der Waals surface area contributed by atoms with E-state index in [4.69, 9.17) is 9.47 Å². The summed E-state index contributed by atoms with van der Waals surface area (Å²) in [5, 5.41) is 16.8. The number of carbonyl (C=O) groups is 1. The van der Waals surface area contributed by atoms with Crippen LogP contribution in [0.15, 0.2) is 36.4 Å². The van der Waals surface area contributed by atoms with Crippen LogP contribution in [0.4, 0.5) is 5.95 Å². The molecule has 0 bridgehead atoms. The van der Waals surface area contributed by atoms with Gasteiger partial charge < -0.3 is 9.47 Å². The number of hydrogen-bond acceptors (Lipinski definition) is 7. The average Bonchev–Trinajstić information content (AvgIpc) is 3.35. The number of ether oxygens (including phenoxy) is 2. The minimum atomic E-state index is -0.372. The predicted molar refractivity (Wildman–Crippen MR) is 116 cm³/mol. The Morgan fingerprint density at radius 1 is 1.20 bits per heavy atom. The largest absolute Gasteiger partial charge is 0.496 e. The number of aryl methyl sites for hydroxylation is 1. The lowest BCUT2D eigenvalue weighted by Gasteiger charge is -2.10. The molecule has 0 saturated heterocycles. The van der Waals surface area contributed by atoms with E-state index in [9.17, 15) is 4.79 Å². The minimum Gasteiger partial charge on any atom is -0.496 e. The van der Waals surface area contributed by atoms with E-state index in [0.29, 0.717) is 22.3 Å². The van der Waals surface area contributed by atoms with Gasteiger partial charge in [0.25, 0.3) is 11.9 Å². The SMILES string of the molecule is COc1cc2c(Oc3ccc(C(C)C)cc3)c(C(=O)Nc3nn[nH]n3)sc2cc1C. The molecule has 30 heavy (non-hydrogen) atoms. The van der Waals surface area contributed by atoms with Crippen LogP contribution in [0, 0.1) is 6.92 Å². The van der Waals surface area contributed by atoms with Gasteiger partial charge in [-0.05, 0) is 53.4 Å². The molecule has 2 N–H and O–H groups in total. The highest BCUT2D eigenvalue weighted by atomic mass is 32.1. The molecule has 0 aliphatic rings. The van der Waals surface area contributed by atoms with Gasteiger partial charge in [0.2, 0.25) is 0 Å². The van der Waals surface area contributed by atoms with Crippen molar-refractivity contribution >= 4 is 33.3 Å². The van der Waals surface area contributed by atoms with Crippen molar-refractivity contribution in [2.24, 2.45) is 0 Å². The Bertz CT molecular complexity index is 1180. The smallest absolute Gasteiger partial charge is 0.272 e. The number of aromatic nitrogens is 4. The van der Waals surface area contributed by atoms with E-state index in [2.05, 4.69) is 39.8 Å². The van der Waals surface area contributed by atoms with Crippen molar-refractivity contribution in [1.82, 2.24) is 20.6 Å². The first-order valence-electron chi connectivity index (χ1n) is 9.40. The molecule has 2 aromatic carbocycles. The first-order chi connectivity index (χ1) is 14.5. The molecule has 0 aliphatic carbocycles. The molecule has 0 saturated carbocycles. The van der Waals surface area contributed by atoms with Gasteiger partial charge in [-0.1, -0.05) is 31.1 Å². The summed E-state index contributed by atoms with van der Waals surface area (Å²) >= 11 is 1.34. The molecule has 0 spiro atoms. The monoisotopic (exact) mass is 423 g/mol. The first-order valence-corrected chi connectivity index (χ1v) is 10.2. The Kier molecular flexibility index (Phi) is 5.37. The maximum atomic E-state index is 12.9. The summed E-state index contributed by atoms with van der Waals surface area (Å²) in [5.41, 5.74) is 2.19. The number of H-pyrrole nitrogens is 1. The van der Waals surface area contributed by atoms with E-state index in [1.54, 1.807) is 7.11 Å². The number of carbonyl (C=O) groups excluding carboxylic acids is 1. The zero-order valence-electron chi connectivity index (χ0n) is 17.0. The van der Waals surface area contributed by atoms with Crippen molar-refractivity contribution in [3.63, 3.8) is 0 Å². The summed E-state index contributed by atoms with van der Waals surface area (Å²) in [6, 6.07) is 11.7. The van der Waals surface area contributed by atoms with Gasteiger partial charge in [-0.2, -0.15) is 5.21 Å². The van der Waals surface area contributed by atoms with Crippen LogP contribution in [0.2, 0.25) is 0 Å². The standard InChI is InChI=1S/C21H21N5O3S/c1-11(2)13-5-7-14(8-6-13)29-18-15-10-16(28-4)12(3)9-17(15)30-19(18)20(27)22-21-23-25-26-24-21/h5-11H,1-4H3,(H2,22,23,24,25,26,27). The highest BCUT2D eigenvalue weighted by molar-refractivity contribution is 7.21. The summed E-state index contributed by atoms with van der Waals surface area (Å²) in [6.07, 6.45) is 0. The third-order valence-electron chi connectivity index (χ3n) is 4.70. The number of nitrogens with zero attached hydrogens (tertiary/aromatic N) is 3. The number of rotatable bonds is 6. The van der Waals surface area contributed by atoms with Crippen LogP contribution in [0.5, 0.6) is 17.2 Å². The lowest BCUT2D eigenvalue weighted by Crippen LogP contribution is -2.12. The Labute approximate surface area is 177 Å². The molecule has 0 unspecified atom stereocenters. The third-order valence-corrected chi connectivity index (χ3v) is 5.84. The molecule has 0 fully saturated rings. The summed E-state index contributed by atoms with van der Waals surface area (Å²) in [6.45, 7) is 6.23. The number of fused-ring (bicyclic) bond motifs is 1. The number of methoxy groups -OCH3 is 1. The van der Waals surface area contributed by atoms with Gasteiger partial charge in [-0.25, -0.2) is 0 Å². The fourth-order valence-electron chi connectivity index (χ4n) is 3.08. The van der Waals surface area contributed by atoms with E-state index in [1.165, 1.54) is 16.9 Å². The number of anilines is 1. The highest BCUT2D eigenvalue weighted by Crippen LogP contribution is 2.43. The molecule has 2 heterocycles. The fraction of sp³-hybridized carbons (Fsp3) is 0.238. The van der Waals surface area contributed by atoms with Crippen LogP contribution in [-0.4, -0.2) is 33.6 Å². The fourth-order valence-corrected chi connectivity index (χ4v) is 4.19. The number of nitrogens with one attached hydrogen (secondary N) is 2. The molecule has 0 aliphatic heterocycles. The van der Waals surface area contributed by atoms with Gasteiger partial charge in [0.15, 0.2) is 5.75 Å². The van der Waals surface area contributed by atoms with Gasteiger partial charge in [0.05, 0.1) is 7.11 Å². The van der Waals surface area contributed by atoms with Crippen LogP contribution in [0.3, 0.4) is 0 Å². The van der Waals surface area contributed by atoms with Crippen molar-refractivity contribution in [1.29, 1.82) is 0 Å². The maximum Gasteiger partial charge on any atom is 0.272 e. The van der Waals surface area contributed by atoms with E-state index >= 15 is 0 Å². The maximum absolute atomic E-state index is 12.9. The second-order valence-corrected chi connectivity index (χ2v) is 8.15. The van der Waals surface area contributed by atoms with Gasteiger partial charge >= 0.3 is 0 Å². The number of tetrazole rings is 1. The van der Waals surface area contributed by atoms with Crippen LogP contribution in [0.1, 0.15) is 40.6 Å². The van der Waals surface area contributed by atoms with Crippen molar-refractivity contribution in [2.75, 3.05) is 12.4 Å². The van der Waals surface area contributed by atoms with Crippen LogP contribution < -0.4 is 14.8 Å². The Hall–Kier alpha value is -3.46. The molecule has 1 amide bonds. The topological polar surface area (TPSA) is 102 Å². The number of thiophene rings is 1. The summed E-state index contributed by atoms with van der Waals surface area (Å²) in [7, 11) is 1.62. The molecule has 4 aromatic rings. The first kappa shape index (κ1) is 19.8. The minimum absolute atomic E-state index is 0.0958. The van der Waals surface area contributed by atoms with Gasteiger partial charge in [-0.3, -0.25) is 10.1 Å². The molecule has 0 radical (unpaired) electrons. The molecule has 8 nitrogen and oxygen atoms in total. The highest BCUT2D eigenvalue weighted by Gasteiger charge is 2.23. The Balaban J connectivity index is 1.78. The zero-order chi connectivity index (χ0) is 21.3. The molecule has 0 atom stereocenters. The molecule has 4 rings (SSSR count). The van der Waals surface area contributed by atoms with E-state index in [1.807, 2.05) is 43.3 Å². The predicted octanol–water partition coefficient (Wildman–Crippen LogP) is 4.90. The average molecular weight is 423 g/mol. The van der Waals surface area contributed by atoms with Crippen molar-refractivity contribution in [2.45, 2.75) is 26.7 Å². The van der Waals surface area contributed by atoms with Gasteiger partial charge in [0.1, 0.15) is 16.4 Å². The summed E-state index contributed by atoms with van der Waals surface area (Å²) in [4.78, 5) is 13.4. The van der Waals surface area contributed by atoms with E-state index in [0.717, 1.165) is 21.4 Å². The van der Waals surface area contributed by atoms with Crippen LogP contribution in [-0.2, 0) is 0 Å². The second-order valence-electron chi connectivity index (χ2n) is 7.09. The molecule has 2 aromatic heterocycles. The van der Waals surface area contributed by atoms with Crippen LogP contribution in [0.25, 0.3) is 10.1 Å². The number of amides is 1. The molecular formula is C21H21N5O3S. The lowest BCUT2D eigenvalue weighted by molar-refractivity contribution is 0.102. The molecule has 9 heteroatoms. The Morgan fingerprint density at radius 2 is 1.97 bits per heavy atom. The normalized spacial score (nSPS) is 11.1. The molecular weight excluding hydrogens is 402 g/mol. The van der Waals surface area contributed by atoms with Crippen molar-refractivity contribution < 1.29 is 14.3 Å². The number of hydrogen-bond donors (Lipinski definition) is 2. The van der Waals surface area contributed by atoms with E-state index in [-0.39, 0.29) is 11.9 Å². The van der Waals surface area contributed by atoms with Crippen LogP contribution >= 0.6 is 11.3 Å². The zero-order valence-corrected chi connectivity index (χ0v) is 17.8. The third kappa shape index (κ3) is 3.84. The van der Waals surface area contributed by atoms with Crippen molar-refractivity contribution in [3.05, 3.63) is 52.4 Å². The second kappa shape index (κ2) is 8.11. The van der Waals surface area contributed by atoms with Gasteiger partial charge in [-0.15, -0.1) is 16.4 Å². The summed E-state index contributed by atoms with van der Waals surface area (Å²) in [5.74, 6) is 1.98. The Morgan fingerprint density at radius 3 is 2.60 bits per heavy atom.